The molecule has 0 radical (unpaired) electrons. The van der Waals surface area contributed by atoms with Crippen LogP contribution in [-0.2, 0) is 24.2 Å². The lowest BCUT2D eigenvalue weighted by Crippen LogP contribution is -2.15. The molecule has 3 aromatic rings. The first-order valence-electron chi connectivity index (χ1n) is 10.1. The maximum Gasteiger partial charge on any atom is 0.235 e. The van der Waals surface area contributed by atoms with Crippen LogP contribution in [0.4, 0.5) is 5.00 Å². The van der Waals surface area contributed by atoms with Crippen LogP contribution in [0.3, 0.4) is 0 Å². The van der Waals surface area contributed by atoms with E-state index in [-0.39, 0.29) is 11.7 Å². The van der Waals surface area contributed by atoms with Crippen molar-refractivity contribution >= 4 is 34.0 Å². The number of nitriles is 1. The van der Waals surface area contributed by atoms with Crippen LogP contribution < -0.4 is 5.32 Å². The number of thioether (sulfide) groups is 1. The first-order chi connectivity index (χ1) is 15.0. The summed E-state index contributed by atoms with van der Waals surface area (Å²) in [5, 5.41) is 22.4. The molecule has 0 saturated carbocycles. The van der Waals surface area contributed by atoms with Crippen molar-refractivity contribution in [2.75, 3.05) is 11.1 Å². The third-order valence-electron chi connectivity index (χ3n) is 5.34. The van der Waals surface area contributed by atoms with Crippen molar-refractivity contribution in [1.29, 1.82) is 5.26 Å². The molecule has 0 unspecified atom stereocenters. The van der Waals surface area contributed by atoms with Crippen LogP contribution in [0, 0.1) is 24.2 Å². The molecule has 1 aliphatic rings. The van der Waals surface area contributed by atoms with Crippen LogP contribution in [0.25, 0.3) is 11.4 Å². The van der Waals surface area contributed by atoms with Gasteiger partial charge in [-0.2, -0.15) is 5.26 Å². The number of thiophene rings is 1. The Kier molecular flexibility index (Phi) is 6.30. The number of anilines is 1. The Morgan fingerprint density at radius 1 is 1.55 bits per heavy atom. The maximum atomic E-state index is 12.7. The van der Waals surface area contributed by atoms with E-state index in [1.54, 1.807) is 12.3 Å². The third kappa shape index (κ3) is 4.31. The van der Waals surface area contributed by atoms with Crippen molar-refractivity contribution in [2.45, 2.75) is 44.8 Å². The number of rotatable bonds is 7. The highest BCUT2D eigenvalue weighted by Crippen LogP contribution is 2.39. The van der Waals surface area contributed by atoms with Crippen LogP contribution in [0.1, 0.15) is 35.1 Å². The number of fused-ring (bicyclic) bond motifs is 1. The molecule has 0 spiro atoms. The Hall–Kier alpha value is -2.83. The van der Waals surface area contributed by atoms with E-state index in [1.807, 2.05) is 17.6 Å². The van der Waals surface area contributed by atoms with Crippen molar-refractivity contribution < 1.29 is 9.21 Å². The van der Waals surface area contributed by atoms with Crippen molar-refractivity contribution in [2.24, 2.45) is 5.92 Å². The van der Waals surface area contributed by atoms with Crippen LogP contribution in [-0.4, -0.2) is 26.4 Å². The van der Waals surface area contributed by atoms with E-state index in [0.717, 1.165) is 36.1 Å². The molecule has 0 aliphatic heterocycles. The highest BCUT2D eigenvalue weighted by atomic mass is 32.2. The summed E-state index contributed by atoms with van der Waals surface area (Å²) < 4.78 is 7.30. The minimum Gasteiger partial charge on any atom is -0.469 e. The summed E-state index contributed by atoms with van der Waals surface area (Å²) in [6.07, 6.45) is 6.34. The normalized spacial score (nSPS) is 15.3. The van der Waals surface area contributed by atoms with Crippen LogP contribution in [0.2, 0.25) is 0 Å². The molecular formula is C22H23N5O2S2. The number of carbonyl (C=O) groups excluding carboxylic acids is 1. The van der Waals surface area contributed by atoms with Gasteiger partial charge in [-0.1, -0.05) is 24.8 Å². The van der Waals surface area contributed by atoms with Crippen molar-refractivity contribution in [3.63, 3.8) is 0 Å². The van der Waals surface area contributed by atoms with E-state index in [4.69, 9.17) is 4.42 Å². The molecule has 1 atom stereocenters. The molecule has 0 saturated heterocycles. The van der Waals surface area contributed by atoms with Gasteiger partial charge in [0, 0.05) is 11.4 Å². The average molecular weight is 454 g/mol. The Bertz CT molecular complexity index is 1170. The van der Waals surface area contributed by atoms with E-state index in [0.29, 0.717) is 34.0 Å². The number of aryl methyl sites for hydroxylation is 1. The lowest BCUT2D eigenvalue weighted by molar-refractivity contribution is -0.113. The van der Waals surface area contributed by atoms with Gasteiger partial charge in [-0.3, -0.25) is 9.36 Å². The van der Waals surface area contributed by atoms with Gasteiger partial charge in [-0.25, -0.2) is 0 Å². The maximum absolute atomic E-state index is 12.7. The highest BCUT2D eigenvalue weighted by Gasteiger charge is 2.25. The largest absolute Gasteiger partial charge is 0.469 e. The number of allylic oxidation sites excluding steroid dienone is 1. The second-order valence-electron chi connectivity index (χ2n) is 7.60. The standard InChI is InChI=1S/C22H23N5O2S2/c1-4-8-27-20(15-7-9-29-14(15)3)25-26-22(27)30-12-19(28)24-21-17(11-23)16-6-5-13(2)10-18(16)31-21/h4,7,9,13H,1,5-6,8,10,12H2,2-3H3,(H,24,28)/t13-/m0/s1. The van der Waals surface area contributed by atoms with Gasteiger partial charge in [0.2, 0.25) is 5.91 Å². The summed E-state index contributed by atoms with van der Waals surface area (Å²) in [5.41, 5.74) is 2.60. The van der Waals surface area contributed by atoms with E-state index >= 15 is 0 Å². The molecule has 7 nitrogen and oxygen atoms in total. The second kappa shape index (κ2) is 9.12. The van der Waals surface area contributed by atoms with Crippen LogP contribution >= 0.6 is 23.1 Å². The number of hydrogen-bond donors (Lipinski definition) is 1. The Labute approximate surface area is 189 Å². The van der Waals surface area contributed by atoms with Gasteiger partial charge >= 0.3 is 0 Å². The fourth-order valence-corrected chi connectivity index (χ4v) is 5.88. The number of amides is 1. The molecule has 160 valence electrons. The molecule has 31 heavy (non-hydrogen) atoms. The zero-order valence-electron chi connectivity index (χ0n) is 17.5. The zero-order chi connectivity index (χ0) is 22.0. The molecule has 0 aromatic carbocycles. The van der Waals surface area contributed by atoms with Crippen molar-refractivity contribution in [1.82, 2.24) is 14.8 Å². The SMILES string of the molecule is C=CCn1c(SCC(=O)Nc2sc3c(c2C#N)CC[C@H](C)C3)nnc1-c1ccoc1C. The molecular weight excluding hydrogens is 430 g/mol. The molecule has 4 rings (SSSR count). The minimum absolute atomic E-state index is 0.164. The lowest BCUT2D eigenvalue weighted by Gasteiger charge is -2.17. The number of aromatic nitrogens is 3. The molecule has 1 aliphatic carbocycles. The smallest absolute Gasteiger partial charge is 0.235 e. The fourth-order valence-electron chi connectivity index (χ4n) is 3.76. The van der Waals surface area contributed by atoms with Gasteiger partial charge in [-0.05, 0) is 43.7 Å². The van der Waals surface area contributed by atoms with Gasteiger partial charge in [0.1, 0.15) is 16.8 Å². The molecule has 1 N–H and O–H groups in total. The Balaban J connectivity index is 1.48. The highest BCUT2D eigenvalue weighted by molar-refractivity contribution is 7.99. The lowest BCUT2D eigenvalue weighted by atomic mass is 9.89. The zero-order valence-corrected chi connectivity index (χ0v) is 19.1. The number of nitrogens with zero attached hydrogens (tertiary/aromatic N) is 4. The predicted molar refractivity (Wildman–Crippen MR) is 122 cm³/mol. The van der Waals surface area contributed by atoms with Gasteiger partial charge in [0.25, 0.3) is 0 Å². The summed E-state index contributed by atoms with van der Waals surface area (Å²) in [5.74, 6) is 2.06. The monoisotopic (exact) mass is 453 g/mol. The van der Waals surface area contributed by atoms with Crippen molar-refractivity contribution in [3.05, 3.63) is 46.7 Å². The molecule has 9 heteroatoms. The third-order valence-corrected chi connectivity index (χ3v) is 7.47. The quantitative estimate of drug-likeness (QED) is 0.407. The van der Waals surface area contributed by atoms with Crippen molar-refractivity contribution in [3.8, 4) is 17.5 Å². The predicted octanol–water partition coefficient (Wildman–Crippen LogP) is 4.82. The molecule has 1 amide bonds. The summed E-state index contributed by atoms with van der Waals surface area (Å²) in [7, 11) is 0. The average Bonchev–Trinajstić information content (AvgIpc) is 3.43. The first-order valence-corrected chi connectivity index (χ1v) is 11.9. The molecule has 3 heterocycles. The molecule has 0 fully saturated rings. The fraction of sp³-hybridized carbons (Fsp3) is 0.364. The van der Waals surface area contributed by atoms with E-state index in [2.05, 4.69) is 35.1 Å². The topological polar surface area (TPSA) is 96.7 Å². The first kappa shape index (κ1) is 21.4. The number of nitrogens with one attached hydrogen (secondary N) is 1. The number of carbonyl (C=O) groups is 1. The molecule has 3 aromatic heterocycles. The van der Waals surface area contributed by atoms with E-state index in [9.17, 15) is 10.1 Å². The van der Waals surface area contributed by atoms with Gasteiger partial charge in [0.15, 0.2) is 11.0 Å². The van der Waals surface area contributed by atoms with Gasteiger partial charge in [0.05, 0.1) is 23.1 Å². The number of hydrogen-bond acceptors (Lipinski definition) is 7. The van der Waals surface area contributed by atoms with Gasteiger partial charge < -0.3 is 9.73 Å². The van der Waals surface area contributed by atoms with Crippen LogP contribution in [0.15, 0.2) is 34.6 Å². The number of furan rings is 1. The Morgan fingerprint density at radius 3 is 3.10 bits per heavy atom. The summed E-state index contributed by atoms with van der Waals surface area (Å²) in [6, 6.07) is 4.14. The van der Waals surface area contributed by atoms with Crippen LogP contribution in [0.5, 0.6) is 0 Å². The van der Waals surface area contributed by atoms with Gasteiger partial charge in [-0.15, -0.1) is 28.1 Å². The Morgan fingerprint density at radius 2 is 2.39 bits per heavy atom. The van der Waals surface area contributed by atoms with E-state index < -0.39 is 0 Å². The second-order valence-corrected chi connectivity index (χ2v) is 9.65. The molecule has 0 bridgehead atoms. The summed E-state index contributed by atoms with van der Waals surface area (Å²) >= 11 is 2.84. The van der Waals surface area contributed by atoms with E-state index in [1.165, 1.54) is 28.0 Å². The summed E-state index contributed by atoms with van der Waals surface area (Å²) in [6.45, 7) is 8.43. The minimum atomic E-state index is -0.164. The summed E-state index contributed by atoms with van der Waals surface area (Å²) in [4.78, 5) is 13.9.